The fraction of sp³-hybridized carbons (Fsp3) is 0.750. The van der Waals surface area contributed by atoms with E-state index in [9.17, 15) is 0 Å². The van der Waals surface area contributed by atoms with Gasteiger partial charge >= 0.3 is 0 Å². The van der Waals surface area contributed by atoms with E-state index in [-0.39, 0.29) is 11.2 Å². The molecular weight excluding hydrogens is 202 g/mol. The van der Waals surface area contributed by atoms with Crippen molar-refractivity contribution in [1.82, 2.24) is 10.2 Å². The van der Waals surface area contributed by atoms with Gasteiger partial charge in [-0.25, -0.2) is 0 Å². The van der Waals surface area contributed by atoms with Crippen molar-refractivity contribution in [2.75, 3.05) is 5.32 Å². The van der Waals surface area contributed by atoms with E-state index in [0.29, 0.717) is 6.04 Å². The number of rotatable bonds is 2. The Morgan fingerprint density at radius 3 is 2.56 bits per heavy atom. The lowest BCUT2D eigenvalue weighted by Crippen LogP contribution is -2.24. The van der Waals surface area contributed by atoms with Crippen molar-refractivity contribution in [2.45, 2.75) is 57.8 Å². The third-order valence-corrected chi connectivity index (χ3v) is 3.40. The van der Waals surface area contributed by atoms with Crippen LogP contribution >= 0.6 is 0 Å². The topological polar surface area (TPSA) is 49.9 Å². The summed E-state index contributed by atoms with van der Waals surface area (Å²) < 4.78 is 6.08. The fourth-order valence-corrected chi connectivity index (χ4v) is 2.63. The van der Waals surface area contributed by atoms with Crippen LogP contribution in [0.15, 0.2) is 0 Å². The molecule has 0 saturated heterocycles. The highest BCUT2D eigenvalue weighted by atomic mass is 16.5. The maximum atomic E-state index is 6.08. The van der Waals surface area contributed by atoms with Crippen molar-refractivity contribution in [1.29, 1.82) is 0 Å². The number of hydrogen-bond acceptors (Lipinski definition) is 3. The second-order valence-electron chi connectivity index (χ2n) is 5.86. The zero-order chi connectivity index (χ0) is 11.6. The molecule has 0 aromatic carbocycles. The lowest BCUT2D eigenvalue weighted by atomic mass is 9.97. The highest BCUT2D eigenvalue weighted by Crippen LogP contribution is 2.48. The first-order valence-corrected chi connectivity index (χ1v) is 5.96. The number of aromatic amines is 1. The number of nitrogens with zero attached hydrogens (tertiary/aromatic N) is 1. The van der Waals surface area contributed by atoms with E-state index < -0.39 is 0 Å². The third kappa shape index (κ3) is 1.36. The average Bonchev–Trinajstić information content (AvgIpc) is 2.74. The molecule has 16 heavy (non-hydrogen) atoms. The molecule has 0 spiro atoms. The normalized spacial score (nSPS) is 25.5. The van der Waals surface area contributed by atoms with Crippen LogP contribution < -0.4 is 5.32 Å². The minimum absolute atomic E-state index is 0.261. The van der Waals surface area contributed by atoms with E-state index in [1.807, 2.05) is 0 Å². The summed E-state index contributed by atoms with van der Waals surface area (Å²) in [4.78, 5) is 0. The van der Waals surface area contributed by atoms with Gasteiger partial charge in [-0.15, -0.1) is 0 Å². The quantitative estimate of drug-likeness (QED) is 0.806. The van der Waals surface area contributed by atoms with Crippen molar-refractivity contribution < 1.29 is 4.74 Å². The Morgan fingerprint density at radius 1 is 1.25 bits per heavy atom. The molecule has 0 atom stereocenters. The molecule has 1 fully saturated rings. The Morgan fingerprint density at radius 2 is 1.94 bits per heavy atom. The predicted octanol–water partition coefficient (Wildman–Crippen LogP) is 2.48. The summed E-state index contributed by atoms with van der Waals surface area (Å²) in [6.45, 7) is 8.38. The van der Waals surface area contributed by atoms with E-state index >= 15 is 0 Å². The molecule has 1 saturated carbocycles. The van der Waals surface area contributed by atoms with Gasteiger partial charge in [0.2, 0.25) is 0 Å². The maximum Gasteiger partial charge on any atom is 0.154 e. The van der Waals surface area contributed by atoms with Crippen molar-refractivity contribution in [3.05, 3.63) is 11.3 Å². The first-order valence-electron chi connectivity index (χ1n) is 5.96. The summed E-state index contributed by atoms with van der Waals surface area (Å²) in [5.74, 6) is 0.980. The van der Waals surface area contributed by atoms with Crippen LogP contribution in [0.4, 0.5) is 5.82 Å². The van der Waals surface area contributed by atoms with E-state index in [2.05, 4.69) is 43.2 Å². The number of fused-ring (bicyclic) bond motifs is 1. The van der Waals surface area contributed by atoms with Gasteiger partial charge in [-0.05, 0) is 40.5 Å². The zero-order valence-corrected chi connectivity index (χ0v) is 10.3. The van der Waals surface area contributed by atoms with E-state index in [0.717, 1.165) is 11.5 Å². The summed E-state index contributed by atoms with van der Waals surface area (Å²) in [6.07, 6.45) is 2.51. The Bertz CT molecular complexity index is 429. The van der Waals surface area contributed by atoms with Crippen LogP contribution in [-0.4, -0.2) is 16.2 Å². The van der Waals surface area contributed by atoms with Crippen molar-refractivity contribution in [3.8, 4) is 0 Å². The molecule has 0 unspecified atom stereocenters. The summed E-state index contributed by atoms with van der Waals surface area (Å²) in [7, 11) is 0. The Kier molecular flexibility index (Phi) is 1.78. The van der Waals surface area contributed by atoms with Crippen LogP contribution in [0.3, 0.4) is 0 Å². The largest absolute Gasteiger partial charge is 0.366 e. The minimum atomic E-state index is -0.269. The summed E-state index contributed by atoms with van der Waals surface area (Å²) in [5.41, 5.74) is 1.78. The van der Waals surface area contributed by atoms with Gasteiger partial charge < -0.3 is 10.1 Å². The third-order valence-electron chi connectivity index (χ3n) is 3.40. The van der Waals surface area contributed by atoms with E-state index in [1.165, 1.54) is 18.4 Å². The molecule has 1 aliphatic carbocycles. The number of anilines is 1. The lowest BCUT2D eigenvalue weighted by molar-refractivity contribution is -0.107. The molecule has 0 radical (unpaired) electrons. The predicted molar refractivity (Wildman–Crippen MR) is 62.4 cm³/mol. The number of nitrogens with one attached hydrogen (secondary N) is 2. The number of hydrogen-bond donors (Lipinski definition) is 2. The molecule has 2 N–H and O–H groups in total. The van der Waals surface area contributed by atoms with Gasteiger partial charge in [-0.2, -0.15) is 5.10 Å². The van der Waals surface area contributed by atoms with Crippen molar-refractivity contribution in [3.63, 3.8) is 0 Å². The van der Waals surface area contributed by atoms with Crippen LogP contribution in [0.2, 0.25) is 0 Å². The first-order chi connectivity index (χ1) is 7.40. The summed E-state index contributed by atoms with van der Waals surface area (Å²) in [5, 5.41) is 11.0. The Hall–Kier alpha value is -1.03. The standard InChI is InChI=1S/C12H19N3O/c1-11(2)8-9(12(3,4)16-11)14-15-10(8)13-7-5-6-7/h7H,5-6H2,1-4H3,(H2,13,14,15). The van der Waals surface area contributed by atoms with Crippen molar-refractivity contribution >= 4 is 5.82 Å². The van der Waals surface area contributed by atoms with Crippen molar-refractivity contribution in [2.24, 2.45) is 0 Å². The van der Waals surface area contributed by atoms with Gasteiger partial charge in [0, 0.05) is 6.04 Å². The van der Waals surface area contributed by atoms with Gasteiger partial charge in [-0.1, -0.05) is 0 Å². The van der Waals surface area contributed by atoms with Gasteiger partial charge in [0.05, 0.1) is 16.9 Å². The molecule has 3 rings (SSSR count). The van der Waals surface area contributed by atoms with Crippen LogP contribution in [-0.2, 0) is 15.9 Å². The van der Waals surface area contributed by atoms with Crippen LogP contribution in [0.5, 0.6) is 0 Å². The highest BCUT2D eigenvalue weighted by molar-refractivity contribution is 5.54. The minimum Gasteiger partial charge on any atom is -0.366 e. The first kappa shape index (κ1) is 10.1. The number of aromatic nitrogens is 2. The van der Waals surface area contributed by atoms with Crippen LogP contribution in [0.1, 0.15) is 51.8 Å². The smallest absolute Gasteiger partial charge is 0.154 e. The zero-order valence-electron chi connectivity index (χ0n) is 10.3. The molecule has 88 valence electrons. The Balaban J connectivity index is 2.05. The lowest BCUT2D eigenvalue weighted by Gasteiger charge is -2.25. The average molecular weight is 221 g/mol. The number of H-pyrrole nitrogens is 1. The van der Waals surface area contributed by atoms with Crippen LogP contribution in [0, 0.1) is 0 Å². The molecule has 4 heteroatoms. The molecule has 0 amide bonds. The van der Waals surface area contributed by atoms with Gasteiger partial charge in [0.1, 0.15) is 5.60 Å². The van der Waals surface area contributed by atoms with Gasteiger partial charge in [-0.3, -0.25) is 5.10 Å². The second kappa shape index (κ2) is 2.80. The van der Waals surface area contributed by atoms with E-state index in [4.69, 9.17) is 4.74 Å². The van der Waals surface area contributed by atoms with Gasteiger partial charge in [0.15, 0.2) is 5.82 Å². The fourth-order valence-electron chi connectivity index (χ4n) is 2.63. The molecule has 2 heterocycles. The Labute approximate surface area is 95.8 Å². The molecule has 2 aliphatic rings. The molecule has 1 aliphatic heterocycles. The maximum absolute atomic E-state index is 6.08. The summed E-state index contributed by atoms with van der Waals surface area (Å²) >= 11 is 0. The monoisotopic (exact) mass is 221 g/mol. The van der Waals surface area contributed by atoms with Gasteiger partial charge in [0.25, 0.3) is 0 Å². The highest BCUT2D eigenvalue weighted by Gasteiger charge is 2.47. The van der Waals surface area contributed by atoms with Crippen LogP contribution in [0.25, 0.3) is 0 Å². The molecule has 1 aromatic rings. The van der Waals surface area contributed by atoms with E-state index in [1.54, 1.807) is 0 Å². The molecule has 0 bridgehead atoms. The summed E-state index contributed by atoms with van der Waals surface area (Å²) in [6, 6.07) is 0.618. The molecule has 4 nitrogen and oxygen atoms in total. The molecule has 1 aromatic heterocycles. The molecular formula is C12H19N3O. The SMILES string of the molecule is CC1(C)OC(C)(C)c2c(NC3CC3)n[nH]c21. The second-order valence-corrected chi connectivity index (χ2v) is 5.86. The number of ether oxygens (including phenoxy) is 1.